The standard InChI is InChI=1S/C10H19N3O2.ClH/c1-6-8(4-3-5-12-6)10(15)13-7(2)9(11)14;/h6-8,12H,3-5H2,1-2H3,(H2,11,14)(H,13,15);1H/t6-,7+,8-;/m1./s1. The van der Waals surface area contributed by atoms with Crippen LogP contribution in [0.1, 0.15) is 26.7 Å². The first-order chi connectivity index (χ1) is 7.02. The lowest BCUT2D eigenvalue weighted by Gasteiger charge is -2.29. The Morgan fingerprint density at radius 2 is 2.12 bits per heavy atom. The van der Waals surface area contributed by atoms with Crippen LogP contribution in [0.15, 0.2) is 0 Å². The second-order valence-electron chi connectivity index (χ2n) is 4.12. The first-order valence-electron chi connectivity index (χ1n) is 5.35. The van der Waals surface area contributed by atoms with Crippen LogP contribution < -0.4 is 16.4 Å². The fraction of sp³-hybridized carbons (Fsp3) is 0.800. The number of halogens is 1. The van der Waals surface area contributed by atoms with E-state index in [-0.39, 0.29) is 30.3 Å². The van der Waals surface area contributed by atoms with E-state index in [1.165, 1.54) is 0 Å². The number of nitrogens with two attached hydrogens (primary N) is 1. The van der Waals surface area contributed by atoms with Crippen molar-refractivity contribution in [2.75, 3.05) is 6.54 Å². The van der Waals surface area contributed by atoms with E-state index in [1.54, 1.807) is 6.92 Å². The van der Waals surface area contributed by atoms with Gasteiger partial charge in [-0.05, 0) is 33.2 Å². The van der Waals surface area contributed by atoms with Crippen LogP contribution in [0.25, 0.3) is 0 Å². The molecule has 0 bridgehead atoms. The molecule has 0 spiro atoms. The maximum absolute atomic E-state index is 11.8. The summed E-state index contributed by atoms with van der Waals surface area (Å²) in [5.41, 5.74) is 5.08. The number of amides is 2. The molecule has 3 atom stereocenters. The number of carbonyl (C=O) groups excluding carboxylic acids is 2. The molecule has 1 aliphatic heterocycles. The fourth-order valence-electron chi connectivity index (χ4n) is 1.79. The van der Waals surface area contributed by atoms with Crippen molar-refractivity contribution in [3.8, 4) is 0 Å². The van der Waals surface area contributed by atoms with E-state index in [0.717, 1.165) is 19.4 Å². The van der Waals surface area contributed by atoms with Crippen LogP contribution >= 0.6 is 12.4 Å². The molecule has 0 aromatic rings. The van der Waals surface area contributed by atoms with E-state index in [2.05, 4.69) is 10.6 Å². The van der Waals surface area contributed by atoms with Gasteiger partial charge in [-0.1, -0.05) is 0 Å². The van der Waals surface area contributed by atoms with Crippen molar-refractivity contribution in [2.24, 2.45) is 11.7 Å². The Morgan fingerprint density at radius 3 is 2.62 bits per heavy atom. The number of rotatable bonds is 3. The zero-order valence-corrected chi connectivity index (χ0v) is 10.5. The predicted octanol–water partition coefficient (Wildman–Crippen LogP) is -0.214. The van der Waals surface area contributed by atoms with Crippen LogP contribution in [0.2, 0.25) is 0 Å². The minimum absolute atomic E-state index is 0. The third kappa shape index (κ3) is 3.98. The largest absolute Gasteiger partial charge is 0.368 e. The van der Waals surface area contributed by atoms with Gasteiger partial charge in [0.25, 0.3) is 0 Å². The Hall–Kier alpha value is -0.810. The van der Waals surface area contributed by atoms with Gasteiger partial charge in [-0.25, -0.2) is 0 Å². The fourth-order valence-corrected chi connectivity index (χ4v) is 1.79. The van der Waals surface area contributed by atoms with Crippen molar-refractivity contribution >= 4 is 24.2 Å². The molecule has 1 rings (SSSR count). The number of carbonyl (C=O) groups is 2. The average Bonchev–Trinajstić information content (AvgIpc) is 2.18. The molecule has 94 valence electrons. The molecule has 0 radical (unpaired) electrons. The third-order valence-corrected chi connectivity index (χ3v) is 2.88. The van der Waals surface area contributed by atoms with Crippen LogP contribution in [-0.4, -0.2) is 30.4 Å². The lowest BCUT2D eigenvalue weighted by atomic mass is 9.91. The van der Waals surface area contributed by atoms with E-state index in [4.69, 9.17) is 5.73 Å². The summed E-state index contributed by atoms with van der Waals surface area (Å²) in [5.74, 6) is -0.638. The van der Waals surface area contributed by atoms with Crippen LogP contribution in [-0.2, 0) is 9.59 Å². The highest BCUT2D eigenvalue weighted by molar-refractivity contribution is 5.87. The van der Waals surface area contributed by atoms with Gasteiger partial charge in [0.2, 0.25) is 11.8 Å². The summed E-state index contributed by atoms with van der Waals surface area (Å²) in [4.78, 5) is 22.6. The zero-order valence-electron chi connectivity index (χ0n) is 9.66. The predicted molar refractivity (Wildman–Crippen MR) is 64.2 cm³/mol. The average molecular weight is 250 g/mol. The summed E-state index contributed by atoms with van der Waals surface area (Å²) in [5, 5.41) is 5.86. The molecule has 0 saturated carbocycles. The van der Waals surface area contributed by atoms with Crippen molar-refractivity contribution in [2.45, 2.75) is 38.8 Å². The van der Waals surface area contributed by atoms with Crippen molar-refractivity contribution in [3.05, 3.63) is 0 Å². The molecule has 2 amide bonds. The first-order valence-corrected chi connectivity index (χ1v) is 5.35. The van der Waals surface area contributed by atoms with Crippen molar-refractivity contribution < 1.29 is 9.59 Å². The highest BCUT2D eigenvalue weighted by atomic mass is 35.5. The molecule has 1 fully saturated rings. The Balaban J connectivity index is 0.00000225. The minimum Gasteiger partial charge on any atom is -0.368 e. The number of nitrogens with one attached hydrogen (secondary N) is 2. The van der Waals surface area contributed by atoms with Gasteiger partial charge < -0.3 is 16.4 Å². The Labute approximate surface area is 102 Å². The molecule has 0 aromatic carbocycles. The van der Waals surface area contributed by atoms with E-state index in [0.29, 0.717) is 0 Å². The smallest absolute Gasteiger partial charge is 0.239 e. The molecule has 0 unspecified atom stereocenters. The maximum atomic E-state index is 11.8. The second kappa shape index (κ2) is 6.70. The summed E-state index contributed by atoms with van der Waals surface area (Å²) >= 11 is 0. The van der Waals surface area contributed by atoms with E-state index in [1.807, 2.05) is 6.92 Å². The molecular weight excluding hydrogens is 230 g/mol. The van der Waals surface area contributed by atoms with Gasteiger partial charge in [-0.15, -0.1) is 12.4 Å². The topological polar surface area (TPSA) is 84.2 Å². The molecular formula is C10H20ClN3O2. The monoisotopic (exact) mass is 249 g/mol. The maximum Gasteiger partial charge on any atom is 0.239 e. The van der Waals surface area contributed by atoms with E-state index >= 15 is 0 Å². The summed E-state index contributed by atoms with van der Waals surface area (Å²) < 4.78 is 0. The molecule has 0 aromatic heterocycles. The first kappa shape index (κ1) is 15.2. The molecule has 1 aliphatic rings. The molecule has 1 saturated heterocycles. The summed E-state index contributed by atoms with van der Waals surface area (Å²) in [7, 11) is 0. The number of primary amides is 1. The van der Waals surface area contributed by atoms with Crippen LogP contribution in [0.4, 0.5) is 0 Å². The zero-order chi connectivity index (χ0) is 11.4. The quantitative estimate of drug-likeness (QED) is 0.647. The van der Waals surface area contributed by atoms with Gasteiger partial charge in [-0.2, -0.15) is 0 Å². The highest BCUT2D eigenvalue weighted by Crippen LogP contribution is 2.16. The molecule has 6 heteroatoms. The molecule has 1 heterocycles. The van der Waals surface area contributed by atoms with Gasteiger partial charge in [0.05, 0.1) is 5.92 Å². The number of hydrogen-bond donors (Lipinski definition) is 3. The molecule has 16 heavy (non-hydrogen) atoms. The molecule has 0 aliphatic carbocycles. The number of hydrogen-bond acceptors (Lipinski definition) is 3. The van der Waals surface area contributed by atoms with Crippen molar-refractivity contribution in [3.63, 3.8) is 0 Å². The minimum atomic E-state index is -0.591. The van der Waals surface area contributed by atoms with Crippen LogP contribution in [0.5, 0.6) is 0 Å². The van der Waals surface area contributed by atoms with Gasteiger partial charge in [0.15, 0.2) is 0 Å². The summed E-state index contributed by atoms with van der Waals surface area (Å²) in [6, 6.07) is -0.426. The Bertz CT molecular complexity index is 260. The normalized spacial score (nSPS) is 26.4. The third-order valence-electron chi connectivity index (χ3n) is 2.88. The van der Waals surface area contributed by atoms with Gasteiger partial charge in [-0.3, -0.25) is 9.59 Å². The summed E-state index contributed by atoms with van der Waals surface area (Å²) in [6.45, 7) is 4.54. The summed E-state index contributed by atoms with van der Waals surface area (Å²) in [6.07, 6.45) is 1.86. The highest BCUT2D eigenvalue weighted by Gasteiger charge is 2.28. The SMILES string of the molecule is C[C@H](NC(=O)[C@@H]1CCCN[C@@H]1C)C(N)=O.Cl. The van der Waals surface area contributed by atoms with Crippen LogP contribution in [0.3, 0.4) is 0 Å². The second-order valence-corrected chi connectivity index (χ2v) is 4.12. The molecule has 5 nitrogen and oxygen atoms in total. The molecule has 4 N–H and O–H groups in total. The van der Waals surface area contributed by atoms with Crippen molar-refractivity contribution in [1.82, 2.24) is 10.6 Å². The lowest BCUT2D eigenvalue weighted by molar-refractivity contribution is -0.130. The number of piperidine rings is 1. The van der Waals surface area contributed by atoms with E-state index in [9.17, 15) is 9.59 Å². The Morgan fingerprint density at radius 1 is 1.50 bits per heavy atom. The van der Waals surface area contributed by atoms with E-state index < -0.39 is 11.9 Å². The van der Waals surface area contributed by atoms with Crippen LogP contribution in [0, 0.1) is 5.92 Å². The van der Waals surface area contributed by atoms with Gasteiger partial charge in [0.1, 0.15) is 6.04 Å². The van der Waals surface area contributed by atoms with Gasteiger partial charge in [0, 0.05) is 6.04 Å². The Kier molecular flexibility index (Phi) is 6.36. The lowest BCUT2D eigenvalue weighted by Crippen LogP contribution is -2.51. The van der Waals surface area contributed by atoms with Gasteiger partial charge >= 0.3 is 0 Å². The van der Waals surface area contributed by atoms with Crippen molar-refractivity contribution in [1.29, 1.82) is 0 Å².